The molecule has 2 N–H and O–H groups in total. The molecule has 5 rings (SSSR count). The number of carbonyl (C=O) groups is 1. The number of pyridine rings is 1. The molecular formula is C36H45F3N8O3S. The summed E-state index contributed by atoms with van der Waals surface area (Å²) in [5, 5.41) is 16.6. The van der Waals surface area contributed by atoms with Crippen LogP contribution in [0.15, 0.2) is 42.6 Å². The van der Waals surface area contributed by atoms with Crippen molar-refractivity contribution in [3.05, 3.63) is 54.0 Å². The minimum absolute atomic E-state index is 0.0676. The summed E-state index contributed by atoms with van der Waals surface area (Å²) in [7, 11) is -3.02. The van der Waals surface area contributed by atoms with Gasteiger partial charge in [0.15, 0.2) is 0 Å². The number of fused-ring (bicyclic) bond motifs is 1. The Kier molecular flexibility index (Phi) is 11.8. The number of piperidine rings is 1. The van der Waals surface area contributed by atoms with Crippen LogP contribution in [-0.2, 0) is 26.6 Å². The molecule has 51 heavy (non-hydrogen) atoms. The molecular weight excluding hydrogens is 682 g/mol. The van der Waals surface area contributed by atoms with Crippen molar-refractivity contribution < 1.29 is 26.4 Å². The maximum absolute atomic E-state index is 13.7. The summed E-state index contributed by atoms with van der Waals surface area (Å²) < 4.78 is 65.3. The first kappa shape index (κ1) is 37.9. The maximum atomic E-state index is 13.7. The second kappa shape index (κ2) is 15.9. The lowest BCUT2D eigenvalue weighted by Crippen LogP contribution is -2.52. The third kappa shape index (κ3) is 10.6. The average molecular weight is 727 g/mol. The van der Waals surface area contributed by atoms with Gasteiger partial charge in [0.25, 0.3) is 0 Å². The molecule has 1 amide bonds. The molecule has 2 saturated heterocycles. The normalized spacial score (nSPS) is 16.8. The fourth-order valence-corrected chi connectivity index (χ4v) is 6.92. The molecule has 0 saturated carbocycles. The Morgan fingerprint density at radius 2 is 1.76 bits per heavy atom. The molecule has 274 valence electrons. The van der Waals surface area contributed by atoms with Crippen LogP contribution in [0.4, 0.5) is 24.5 Å². The van der Waals surface area contributed by atoms with Crippen LogP contribution < -0.4 is 10.6 Å². The quantitative estimate of drug-likeness (QED) is 0.283. The van der Waals surface area contributed by atoms with E-state index in [1.807, 2.05) is 11.0 Å². The molecule has 2 aliphatic heterocycles. The van der Waals surface area contributed by atoms with E-state index in [1.54, 1.807) is 50.4 Å². The number of rotatable bonds is 11. The van der Waals surface area contributed by atoms with Crippen LogP contribution in [0.25, 0.3) is 10.9 Å². The Bertz CT molecular complexity index is 1890. The summed E-state index contributed by atoms with van der Waals surface area (Å²) in [6.45, 7) is 7.27. The number of nitriles is 1. The van der Waals surface area contributed by atoms with Crippen LogP contribution in [0.2, 0.25) is 0 Å². The van der Waals surface area contributed by atoms with Crippen molar-refractivity contribution in [3.8, 4) is 17.9 Å². The molecule has 4 heterocycles. The van der Waals surface area contributed by atoms with E-state index < -0.39 is 28.0 Å². The number of hydrogen-bond donors (Lipinski definition) is 2. The summed E-state index contributed by atoms with van der Waals surface area (Å²) >= 11 is 0. The van der Waals surface area contributed by atoms with Crippen LogP contribution in [-0.4, -0.2) is 122 Å². The first-order valence-corrected chi connectivity index (χ1v) is 19.1. The molecule has 0 unspecified atom stereocenters. The second-order valence-corrected chi connectivity index (χ2v) is 16.1. The van der Waals surface area contributed by atoms with Gasteiger partial charge in [-0.3, -0.25) is 19.6 Å². The number of aromatic nitrogens is 2. The highest BCUT2D eigenvalue weighted by molar-refractivity contribution is 7.90. The number of piperazine rings is 1. The Labute approximate surface area is 297 Å². The zero-order valence-corrected chi connectivity index (χ0v) is 30.1. The topological polar surface area (TPSA) is 127 Å². The Morgan fingerprint density at radius 1 is 1.04 bits per heavy atom. The van der Waals surface area contributed by atoms with Crippen molar-refractivity contribution in [1.29, 1.82) is 5.26 Å². The lowest BCUT2D eigenvalue weighted by molar-refractivity contribution is -0.140. The molecule has 0 atom stereocenters. The molecule has 0 spiro atoms. The van der Waals surface area contributed by atoms with Crippen LogP contribution in [0.5, 0.6) is 0 Å². The number of sulfone groups is 1. The third-order valence-electron chi connectivity index (χ3n) is 9.37. The Balaban J connectivity index is 1.18. The van der Waals surface area contributed by atoms with Gasteiger partial charge in [-0.1, -0.05) is 12.0 Å². The third-order valence-corrected chi connectivity index (χ3v) is 10.3. The summed E-state index contributed by atoms with van der Waals surface area (Å²) in [6, 6.07) is 12.8. The number of nitrogens with zero attached hydrogens (tertiary/aromatic N) is 6. The molecule has 11 nitrogen and oxygen atoms in total. The Hall–Kier alpha value is -4.31. The highest BCUT2D eigenvalue weighted by Gasteiger charge is 2.31. The highest BCUT2D eigenvalue weighted by atomic mass is 32.2. The van der Waals surface area contributed by atoms with Gasteiger partial charge in [-0.25, -0.2) is 8.42 Å². The van der Waals surface area contributed by atoms with Crippen LogP contribution in [0, 0.1) is 23.2 Å². The zero-order chi connectivity index (χ0) is 36.8. The predicted molar refractivity (Wildman–Crippen MR) is 192 cm³/mol. The van der Waals surface area contributed by atoms with Gasteiger partial charge in [0.1, 0.15) is 16.4 Å². The van der Waals surface area contributed by atoms with Gasteiger partial charge in [-0.05, 0) is 62.9 Å². The largest absolute Gasteiger partial charge is 0.406 e. The van der Waals surface area contributed by atoms with Gasteiger partial charge >= 0.3 is 6.18 Å². The fraction of sp³-hybridized carbons (Fsp3) is 0.528. The number of carbonyl (C=O) groups excluding carboxylic acids is 1. The van der Waals surface area contributed by atoms with Crippen molar-refractivity contribution in [3.63, 3.8) is 0 Å². The van der Waals surface area contributed by atoms with Gasteiger partial charge in [0, 0.05) is 69.2 Å². The number of alkyl halides is 3. The molecule has 15 heteroatoms. The fourth-order valence-electron chi connectivity index (χ4n) is 6.33. The second-order valence-electron chi connectivity index (χ2n) is 13.8. The van der Waals surface area contributed by atoms with Gasteiger partial charge in [0.2, 0.25) is 5.91 Å². The van der Waals surface area contributed by atoms with E-state index in [1.165, 1.54) is 10.8 Å². The van der Waals surface area contributed by atoms with Crippen molar-refractivity contribution in [1.82, 2.24) is 24.3 Å². The first-order chi connectivity index (χ1) is 24.1. The monoisotopic (exact) mass is 726 g/mol. The van der Waals surface area contributed by atoms with E-state index in [9.17, 15) is 31.6 Å². The molecule has 0 aliphatic carbocycles. The van der Waals surface area contributed by atoms with Gasteiger partial charge in [-0.15, -0.1) is 0 Å². The van der Waals surface area contributed by atoms with Crippen molar-refractivity contribution in [2.75, 3.05) is 81.5 Å². The molecule has 2 aliphatic rings. The van der Waals surface area contributed by atoms with Crippen molar-refractivity contribution >= 4 is 38.0 Å². The summed E-state index contributed by atoms with van der Waals surface area (Å²) in [5.74, 6) is 6.05. The van der Waals surface area contributed by atoms with Crippen molar-refractivity contribution in [2.45, 2.75) is 50.9 Å². The van der Waals surface area contributed by atoms with Crippen LogP contribution >= 0.6 is 0 Å². The predicted octanol–water partition coefficient (Wildman–Crippen LogP) is 3.93. The summed E-state index contributed by atoms with van der Waals surface area (Å²) in [4.78, 5) is 23.4. The number of benzene rings is 1. The minimum atomic E-state index is -4.44. The zero-order valence-electron chi connectivity index (χ0n) is 29.3. The van der Waals surface area contributed by atoms with Crippen LogP contribution in [0.3, 0.4) is 0 Å². The lowest BCUT2D eigenvalue weighted by atomic mass is 9.91. The first-order valence-electron chi connectivity index (χ1n) is 17.1. The summed E-state index contributed by atoms with van der Waals surface area (Å²) in [6.07, 6.45) is -0.0606. The maximum Gasteiger partial charge on any atom is 0.406 e. The molecule has 0 bridgehead atoms. The standard InChI is InChI=1S/C36H45F3N8O3S/c1-35(2,25-40)33-10-9-28(23-42-33)41-13-5-6-29-22-30-31(7-4-8-32(30)47(29)26-36(37,38)39)43-27-11-14-45(15-12-27)24-34(48)46-18-16-44(17-19-46)20-21-51(3,49)50/h4,7-10,22-23,27,41,43H,11-21,24,26H2,1-3H3. The number of hydrogen-bond acceptors (Lipinski definition) is 9. The van der Waals surface area contributed by atoms with E-state index in [-0.39, 0.29) is 29.9 Å². The number of nitrogens with one attached hydrogen (secondary N) is 2. The Morgan fingerprint density at radius 3 is 2.39 bits per heavy atom. The van der Waals surface area contributed by atoms with Gasteiger partial charge < -0.3 is 20.1 Å². The molecule has 0 radical (unpaired) electrons. The SMILES string of the molecule is CC(C)(C#N)c1ccc(NCC#Cc2cc3c(NC4CCN(CC(=O)N5CCN(CCS(C)(=O)=O)CC5)CC4)cccc3n2CC(F)(F)F)cn1. The molecule has 3 aromatic rings. The van der Waals surface area contributed by atoms with Gasteiger partial charge in [-0.2, -0.15) is 18.4 Å². The van der Waals surface area contributed by atoms with E-state index in [2.05, 4.69) is 43.3 Å². The van der Waals surface area contributed by atoms with E-state index >= 15 is 0 Å². The molecule has 1 aromatic carbocycles. The number of likely N-dealkylation sites (tertiary alicyclic amines) is 1. The number of halogens is 3. The van der Waals surface area contributed by atoms with E-state index in [4.69, 9.17) is 0 Å². The van der Waals surface area contributed by atoms with Crippen molar-refractivity contribution in [2.24, 2.45) is 0 Å². The summed E-state index contributed by atoms with van der Waals surface area (Å²) in [5.41, 5.74) is 2.03. The lowest BCUT2D eigenvalue weighted by Gasteiger charge is -2.37. The average Bonchev–Trinajstić information content (AvgIpc) is 3.43. The van der Waals surface area contributed by atoms with Gasteiger partial charge in [0.05, 0.1) is 59.1 Å². The minimum Gasteiger partial charge on any atom is -0.382 e. The number of anilines is 2. The van der Waals surface area contributed by atoms with Crippen LogP contribution in [0.1, 0.15) is 38.1 Å². The molecule has 2 fully saturated rings. The highest BCUT2D eigenvalue weighted by Crippen LogP contribution is 2.31. The molecule has 2 aromatic heterocycles. The smallest absolute Gasteiger partial charge is 0.382 e. The van der Waals surface area contributed by atoms with E-state index in [0.29, 0.717) is 74.6 Å². The number of amides is 1. The van der Waals surface area contributed by atoms with E-state index in [0.717, 1.165) is 18.5 Å².